The highest BCUT2D eigenvalue weighted by Gasteiger charge is 2.34. The summed E-state index contributed by atoms with van der Waals surface area (Å²) in [7, 11) is -4.39. The van der Waals surface area contributed by atoms with Crippen LogP contribution >= 0.6 is 11.3 Å². The van der Waals surface area contributed by atoms with Crippen LogP contribution in [0.1, 0.15) is 12.5 Å². The minimum atomic E-state index is -4.39. The number of thiazole rings is 1. The molecule has 4 aromatic rings. The van der Waals surface area contributed by atoms with Gasteiger partial charge in [-0.3, -0.25) is 9.35 Å². The van der Waals surface area contributed by atoms with E-state index in [1.54, 1.807) is 74.5 Å². The molecule has 1 amide bonds. The molecular weight excluding hydrogens is 500 g/mol. The van der Waals surface area contributed by atoms with Crippen LogP contribution in [-0.2, 0) is 14.9 Å². The summed E-state index contributed by atoms with van der Waals surface area (Å²) in [6, 6.07) is 16.4. The van der Waals surface area contributed by atoms with Gasteiger partial charge in [0.05, 0.1) is 27.3 Å². The molecule has 1 unspecified atom stereocenters. The van der Waals surface area contributed by atoms with Crippen molar-refractivity contribution < 1.29 is 17.8 Å². The summed E-state index contributed by atoms with van der Waals surface area (Å²) < 4.78 is 33.8. The number of nitrogens with zero attached hydrogens (tertiary/aromatic N) is 5. The second-order valence-corrected chi connectivity index (χ2v) is 10.6. The molecule has 1 aliphatic heterocycles. The van der Waals surface area contributed by atoms with Crippen LogP contribution in [0.3, 0.4) is 0 Å². The van der Waals surface area contributed by atoms with E-state index < -0.39 is 16.2 Å². The topological polar surface area (TPSA) is 151 Å². The molecule has 5 rings (SSSR count). The summed E-state index contributed by atoms with van der Waals surface area (Å²) in [6.07, 6.45) is 0. The number of hydrazone groups is 1. The number of aromatic nitrogens is 1. The lowest BCUT2D eigenvalue weighted by Gasteiger charge is -2.12. The van der Waals surface area contributed by atoms with Gasteiger partial charge in [-0.25, -0.2) is 4.98 Å². The standard InChI is InChI=1S/C24H20N6O4S2/c1-13-6-11-19-21(22(13)36(32,33)34)35-23(26-19)15-7-9-17(10-8-15)27-28-20-14(2)29-30(24(20)31)18-5-3-4-16(25)12-18/h3-12,20H,25H2,1-2H3,(H,32,33,34). The van der Waals surface area contributed by atoms with Crippen molar-refractivity contribution in [1.29, 1.82) is 0 Å². The van der Waals surface area contributed by atoms with Crippen molar-refractivity contribution in [1.82, 2.24) is 4.98 Å². The van der Waals surface area contributed by atoms with Crippen LogP contribution in [0, 0.1) is 6.92 Å². The van der Waals surface area contributed by atoms with E-state index in [-0.39, 0.29) is 10.8 Å². The average Bonchev–Trinajstić information content (AvgIpc) is 3.37. The molecule has 0 fully saturated rings. The number of hydrogen-bond acceptors (Lipinski definition) is 9. The third kappa shape index (κ3) is 4.37. The van der Waals surface area contributed by atoms with Gasteiger partial charge in [-0.2, -0.15) is 28.8 Å². The number of hydrogen-bond donors (Lipinski definition) is 2. The first-order valence-electron chi connectivity index (χ1n) is 10.8. The number of azo groups is 1. The van der Waals surface area contributed by atoms with Gasteiger partial charge in [-0.1, -0.05) is 12.1 Å². The highest BCUT2D eigenvalue weighted by molar-refractivity contribution is 7.86. The van der Waals surface area contributed by atoms with Gasteiger partial charge >= 0.3 is 0 Å². The van der Waals surface area contributed by atoms with E-state index in [9.17, 15) is 17.8 Å². The van der Waals surface area contributed by atoms with Crippen LogP contribution in [0.2, 0.25) is 0 Å². The highest BCUT2D eigenvalue weighted by Crippen LogP contribution is 2.36. The zero-order valence-electron chi connectivity index (χ0n) is 19.2. The van der Waals surface area contributed by atoms with Gasteiger partial charge in [0.1, 0.15) is 9.90 Å². The van der Waals surface area contributed by atoms with Crippen LogP contribution in [-0.4, -0.2) is 35.6 Å². The van der Waals surface area contributed by atoms with Crippen LogP contribution in [0.4, 0.5) is 17.1 Å². The Morgan fingerprint density at radius 3 is 2.53 bits per heavy atom. The molecule has 0 saturated heterocycles. The molecule has 0 radical (unpaired) electrons. The lowest BCUT2D eigenvalue weighted by molar-refractivity contribution is -0.117. The maximum Gasteiger partial charge on any atom is 0.296 e. The SMILES string of the molecule is CC1=NN(c2cccc(N)c2)C(=O)C1N=Nc1ccc(-c2nc3ccc(C)c(S(=O)(=O)O)c3s2)cc1. The molecule has 10 nitrogen and oxygen atoms in total. The molecule has 182 valence electrons. The first kappa shape index (κ1) is 23.7. The third-order valence-electron chi connectivity index (χ3n) is 5.58. The van der Waals surface area contributed by atoms with Crippen molar-refractivity contribution in [2.24, 2.45) is 15.3 Å². The number of aryl methyl sites for hydroxylation is 1. The Balaban J connectivity index is 1.37. The van der Waals surface area contributed by atoms with E-state index in [4.69, 9.17) is 5.73 Å². The molecule has 0 bridgehead atoms. The van der Waals surface area contributed by atoms with Crippen LogP contribution in [0.5, 0.6) is 0 Å². The van der Waals surface area contributed by atoms with Gasteiger partial charge in [0.2, 0.25) is 0 Å². The number of anilines is 2. The number of amides is 1. The number of carbonyl (C=O) groups excluding carboxylic acids is 1. The number of nitrogen functional groups attached to an aromatic ring is 1. The molecule has 2 heterocycles. The van der Waals surface area contributed by atoms with E-state index >= 15 is 0 Å². The molecule has 3 N–H and O–H groups in total. The summed E-state index contributed by atoms with van der Waals surface area (Å²) in [6.45, 7) is 3.34. The van der Waals surface area contributed by atoms with Crippen LogP contribution < -0.4 is 10.7 Å². The van der Waals surface area contributed by atoms with Gasteiger partial charge in [0, 0.05) is 11.3 Å². The summed E-state index contributed by atoms with van der Waals surface area (Å²) in [4.78, 5) is 17.2. The van der Waals surface area contributed by atoms with Gasteiger partial charge in [-0.05, 0) is 67.9 Å². The van der Waals surface area contributed by atoms with E-state index in [0.717, 1.165) is 5.56 Å². The Hall–Kier alpha value is -4.00. The second-order valence-electron chi connectivity index (χ2n) is 8.21. The van der Waals surface area contributed by atoms with Gasteiger partial charge in [0.25, 0.3) is 16.0 Å². The average molecular weight is 521 g/mol. The van der Waals surface area contributed by atoms with E-state index in [0.29, 0.717) is 43.6 Å². The molecule has 0 saturated carbocycles. The van der Waals surface area contributed by atoms with Crippen LogP contribution in [0.15, 0.2) is 80.9 Å². The van der Waals surface area contributed by atoms with Crippen molar-refractivity contribution >= 4 is 60.4 Å². The minimum absolute atomic E-state index is 0.125. The first-order chi connectivity index (χ1) is 17.1. The van der Waals surface area contributed by atoms with Crippen molar-refractivity contribution in [3.63, 3.8) is 0 Å². The molecule has 1 atom stereocenters. The minimum Gasteiger partial charge on any atom is -0.399 e. The summed E-state index contributed by atoms with van der Waals surface area (Å²) in [5, 5.41) is 14.6. The Morgan fingerprint density at radius 1 is 1.08 bits per heavy atom. The number of nitrogens with two attached hydrogens (primary N) is 1. The first-order valence-corrected chi connectivity index (χ1v) is 13.0. The molecule has 3 aromatic carbocycles. The van der Waals surface area contributed by atoms with E-state index in [1.165, 1.54) is 16.3 Å². The molecule has 0 aliphatic carbocycles. The summed E-state index contributed by atoms with van der Waals surface area (Å²) >= 11 is 1.18. The fraction of sp³-hybridized carbons (Fsp3) is 0.125. The molecule has 0 spiro atoms. The van der Waals surface area contributed by atoms with Gasteiger partial charge in [-0.15, -0.1) is 11.3 Å². The largest absolute Gasteiger partial charge is 0.399 e. The monoisotopic (exact) mass is 520 g/mol. The smallest absolute Gasteiger partial charge is 0.296 e. The van der Waals surface area contributed by atoms with E-state index in [1.807, 2.05) is 0 Å². The van der Waals surface area contributed by atoms with Gasteiger partial charge in [0.15, 0.2) is 6.04 Å². The maximum atomic E-state index is 12.8. The number of rotatable bonds is 5. The highest BCUT2D eigenvalue weighted by atomic mass is 32.2. The quantitative estimate of drug-likeness (QED) is 0.215. The number of benzene rings is 3. The zero-order chi connectivity index (χ0) is 25.6. The molecule has 36 heavy (non-hydrogen) atoms. The molecular formula is C24H20N6O4S2. The third-order valence-corrected chi connectivity index (χ3v) is 7.89. The van der Waals surface area contributed by atoms with Gasteiger partial charge < -0.3 is 5.73 Å². The maximum absolute atomic E-state index is 12.8. The Morgan fingerprint density at radius 2 is 1.83 bits per heavy atom. The normalized spacial score (nSPS) is 16.3. The Kier molecular flexibility index (Phi) is 5.86. The Bertz CT molecular complexity index is 1680. The fourth-order valence-electron chi connectivity index (χ4n) is 3.84. The van der Waals surface area contributed by atoms with Crippen molar-refractivity contribution in [2.75, 3.05) is 10.7 Å². The lowest BCUT2D eigenvalue weighted by Crippen LogP contribution is -2.29. The fourth-order valence-corrected chi connectivity index (χ4v) is 6.15. The molecule has 1 aromatic heterocycles. The van der Waals surface area contributed by atoms with Crippen molar-refractivity contribution in [3.05, 3.63) is 66.2 Å². The van der Waals surface area contributed by atoms with E-state index in [2.05, 4.69) is 20.3 Å². The number of fused-ring (bicyclic) bond motifs is 1. The zero-order valence-corrected chi connectivity index (χ0v) is 20.8. The second kappa shape index (κ2) is 8.90. The lowest BCUT2D eigenvalue weighted by atomic mass is 10.2. The summed E-state index contributed by atoms with van der Waals surface area (Å²) in [5.74, 6) is -0.321. The molecule has 12 heteroatoms. The van der Waals surface area contributed by atoms with Crippen LogP contribution in [0.25, 0.3) is 20.8 Å². The number of carbonyl (C=O) groups is 1. The van der Waals surface area contributed by atoms with Crippen molar-refractivity contribution in [2.45, 2.75) is 24.8 Å². The predicted molar refractivity (Wildman–Crippen MR) is 139 cm³/mol. The van der Waals surface area contributed by atoms with Crippen molar-refractivity contribution in [3.8, 4) is 10.6 Å². The predicted octanol–water partition coefficient (Wildman–Crippen LogP) is 4.98. The Labute approximate surface area is 210 Å². The molecule has 1 aliphatic rings. The summed E-state index contributed by atoms with van der Waals surface area (Å²) in [5.41, 5.74) is 9.62.